The summed E-state index contributed by atoms with van der Waals surface area (Å²) in [5.41, 5.74) is 0.203. The van der Waals surface area contributed by atoms with Crippen LogP contribution in [0.3, 0.4) is 0 Å². The first-order valence-corrected chi connectivity index (χ1v) is 8.27. The Morgan fingerprint density at radius 3 is 2.52 bits per heavy atom. The lowest BCUT2D eigenvalue weighted by atomic mass is 9.61. The van der Waals surface area contributed by atoms with Gasteiger partial charge in [0.1, 0.15) is 6.10 Å². The summed E-state index contributed by atoms with van der Waals surface area (Å²) in [5.74, 6) is 1.72. The van der Waals surface area contributed by atoms with Crippen molar-refractivity contribution >= 4 is 0 Å². The molecule has 0 radical (unpaired) electrons. The average molecular weight is 291 g/mol. The van der Waals surface area contributed by atoms with Gasteiger partial charge in [0.25, 0.3) is 0 Å². The molecule has 1 saturated carbocycles. The van der Waals surface area contributed by atoms with Crippen molar-refractivity contribution in [3.8, 4) is 11.5 Å². The molecular weight excluding hydrogens is 262 g/mol. The van der Waals surface area contributed by atoms with Crippen LogP contribution in [0.1, 0.15) is 47.0 Å². The van der Waals surface area contributed by atoms with E-state index in [4.69, 9.17) is 9.47 Å². The topological polar surface area (TPSA) is 30.5 Å². The van der Waals surface area contributed by atoms with Gasteiger partial charge in [0.05, 0.1) is 6.61 Å². The maximum atomic E-state index is 6.29. The first-order chi connectivity index (χ1) is 10.2. The molecule has 21 heavy (non-hydrogen) atoms. The number of para-hydroxylation sites is 2. The molecule has 1 aromatic rings. The van der Waals surface area contributed by atoms with Gasteiger partial charge in [-0.1, -0.05) is 32.9 Å². The third-order valence-electron chi connectivity index (χ3n) is 4.80. The van der Waals surface area contributed by atoms with Crippen molar-refractivity contribution in [2.75, 3.05) is 13.2 Å². The molecule has 1 fully saturated rings. The van der Waals surface area contributed by atoms with E-state index < -0.39 is 0 Å². The van der Waals surface area contributed by atoms with Crippen LogP contribution >= 0.6 is 0 Å². The van der Waals surface area contributed by atoms with Gasteiger partial charge in [0, 0.05) is 17.9 Å². The summed E-state index contributed by atoms with van der Waals surface area (Å²) in [6, 6.07) is 8.55. The second-order valence-corrected chi connectivity index (χ2v) is 6.09. The highest BCUT2D eigenvalue weighted by Crippen LogP contribution is 2.47. The van der Waals surface area contributed by atoms with Gasteiger partial charge in [0.2, 0.25) is 0 Å². The van der Waals surface area contributed by atoms with E-state index in [-0.39, 0.29) is 11.5 Å². The normalized spacial score (nSPS) is 28.0. The molecule has 1 aliphatic rings. The van der Waals surface area contributed by atoms with Crippen molar-refractivity contribution in [1.82, 2.24) is 5.32 Å². The van der Waals surface area contributed by atoms with E-state index in [0.29, 0.717) is 12.6 Å². The lowest BCUT2D eigenvalue weighted by Crippen LogP contribution is -2.63. The monoisotopic (exact) mass is 291 g/mol. The molecule has 1 aromatic carbocycles. The highest BCUT2D eigenvalue weighted by atomic mass is 16.5. The van der Waals surface area contributed by atoms with Crippen LogP contribution in [0.25, 0.3) is 0 Å². The predicted molar refractivity (Wildman–Crippen MR) is 87.1 cm³/mol. The van der Waals surface area contributed by atoms with E-state index in [1.54, 1.807) is 0 Å². The molecule has 118 valence electrons. The number of hydrogen-bond acceptors (Lipinski definition) is 3. The molecule has 0 saturated heterocycles. The minimum atomic E-state index is 0.203. The van der Waals surface area contributed by atoms with Gasteiger partial charge in [-0.2, -0.15) is 0 Å². The van der Waals surface area contributed by atoms with E-state index in [0.717, 1.165) is 30.9 Å². The maximum absolute atomic E-state index is 6.29. The molecule has 1 aliphatic carbocycles. The molecule has 3 atom stereocenters. The number of benzene rings is 1. The summed E-state index contributed by atoms with van der Waals surface area (Å²) in [6.07, 6.45) is 3.63. The Morgan fingerprint density at radius 2 is 1.90 bits per heavy atom. The van der Waals surface area contributed by atoms with Gasteiger partial charge in [-0.15, -0.1) is 0 Å². The summed E-state index contributed by atoms with van der Waals surface area (Å²) < 4.78 is 11.9. The van der Waals surface area contributed by atoms with Crippen LogP contribution in [0.5, 0.6) is 11.5 Å². The quantitative estimate of drug-likeness (QED) is 0.784. The van der Waals surface area contributed by atoms with E-state index >= 15 is 0 Å². The fraction of sp³-hybridized carbons (Fsp3) is 0.667. The van der Waals surface area contributed by atoms with Gasteiger partial charge in [-0.05, 0) is 38.4 Å². The molecule has 3 heteroatoms. The van der Waals surface area contributed by atoms with E-state index in [9.17, 15) is 0 Å². The highest BCUT2D eigenvalue weighted by Gasteiger charge is 2.51. The smallest absolute Gasteiger partial charge is 0.161 e. The second kappa shape index (κ2) is 7.17. The molecule has 1 N–H and O–H groups in total. The van der Waals surface area contributed by atoms with Gasteiger partial charge < -0.3 is 14.8 Å². The van der Waals surface area contributed by atoms with Crippen molar-refractivity contribution in [3.05, 3.63) is 24.3 Å². The molecule has 0 aliphatic heterocycles. The standard InChI is InChI=1S/C18H29NO2/c1-5-12-19-16-13-17(18(16,4)6-2)21-15-11-9-8-10-14(15)20-7-3/h8-11,16-17,19H,5-7,12-13H2,1-4H3. The first kappa shape index (κ1) is 16.2. The largest absolute Gasteiger partial charge is 0.490 e. The first-order valence-electron chi connectivity index (χ1n) is 8.27. The summed E-state index contributed by atoms with van der Waals surface area (Å²) in [4.78, 5) is 0. The lowest BCUT2D eigenvalue weighted by molar-refractivity contribution is -0.0711. The summed E-state index contributed by atoms with van der Waals surface area (Å²) >= 11 is 0. The molecule has 2 rings (SSSR count). The maximum Gasteiger partial charge on any atom is 0.161 e. The number of hydrogen-bond donors (Lipinski definition) is 1. The van der Waals surface area contributed by atoms with Crippen LogP contribution in [-0.4, -0.2) is 25.3 Å². The Hall–Kier alpha value is -1.22. The Bertz CT molecular complexity index is 449. The minimum Gasteiger partial charge on any atom is -0.490 e. The van der Waals surface area contributed by atoms with Crippen LogP contribution in [-0.2, 0) is 0 Å². The Balaban J connectivity index is 2.03. The Kier molecular flexibility index (Phi) is 5.51. The van der Waals surface area contributed by atoms with Gasteiger partial charge in [-0.25, -0.2) is 0 Å². The number of rotatable bonds is 8. The summed E-state index contributed by atoms with van der Waals surface area (Å²) in [6.45, 7) is 10.5. The van der Waals surface area contributed by atoms with Crippen molar-refractivity contribution in [3.63, 3.8) is 0 Å². The zero-order chi connectivity index (χ0) is 15.3. The zero-order valence-corrected chi connectivity index (χ0v) is 13.8. The van der Waals surface area contributed by atoms with E-state index in [2.05, 4.69) is 26.1 Å². The molecule has 3 nitrogen and oxygen atoms in total. The summed E-state index contributed by atoms with van der Waals surface area (Å²) in [5, 5.41) is 3.65. The van der Waals surface area contributed by atoms with Crippen molar-refractivity contribution in [2.24, 2.45) is 5.41 Å². The van der Waals surface area contributed by atoms with Crippen molar-refractivity contribution in [2.45, 2.75) is 59.1 Å². The zero-order valence-electron chi connectivity index (χ0n) is 13.8. The lowest BCUT2D eigenvalue weighted by Gasteiger charge is -2.53. The fourth-order valence-corrected chi connectivity index (χ4v) is 3.08. The van der Waals surface area contributed by atoms with Crippen LogP contribution in [0.2, 0.25) is 0 Å². The van der Waals surface area contributed by atoms with Crippen molar-refractivity contribution in [1.29, 1.82) is 0 Å². The summed E-state index contributed by atoms with van der Waals surface area (Å²) in [7, 11) is 0. The fourth-order valence-electron chi connectivity index (χ4n) is 3.08. The van der Waals surface area contributed by atoms with Gasteiger partial charge in [-0.3, -0.25) is 0 Å². The molecule has 0 heterocycles. The average Bonchev–Trinajstić information content (AvgIpc) is 2.51. The van der Waals surface area contributed by atoms with Crippen LogP contribution in [0.4, 0.5) is 0 Å². The third kappa shape index (κ3) is 3.34. The molecule has 0 spiro atoms. The minimum absolute atomic E-state index is 0.203. The van der Waals surface area contributed by atoms with Gasteiger partial charge >= 0.3 is 0 Å². The molecule has 0 amide bonds. The van der Waals surface area contributed by atoms with Gasteiger partial charge in [0.15, 0.2) is 11.5 Å². The van der Waals surface area contributed by atoms with Crippen LogP contribution in [0.15, 0.2) is 24.3 Å². The van der Waals surface area contributed by atoms with E-state index in [1.807, 2.05) is 31.2 Å². The van der Waals surface area contributed by atoms with Crippen LogP contribution in [0, 0.1) is 5.41 Å². The molecular formula is C18H29NO2. The number of nitrogens with one attached hydrogen (secondary N) is 1. The molecule has 3 unspecified atom stereocenters. The molecule has 0 bridgehead atoms. The molecule has 0 aromatic heterocycles. The second-order valence-electron chi connectivity index (χ2n) is 6.09. The SMILES string of the molecule is CCCNC1CC(Oc2ccccc2OCC)C1(C)CC. The van der Waals surface area contributed by atoms with Crippen LogP contribution < -0.4 is 14.8 Å². The Labute approximate surface area is 129 Å². The predicted octanol–water partition coefficient (Wildman–Crippen LogP) is 4.02. The third-order valence-corrected chi connectivity index (χ3v) is 4.80. The highest BCUT2D eigenvalue weighted by molar-refractivity contribution is 5.40. The Morgan fingerprint density at radius 1 is 1.19 bits per heavy atom. The van der Waals surface area contributed by atoms with E-state index in [1.165, 1.54) is 6.42 Å². The number of ether oxygens (including phenoxy) is 2. The van der Waals surface area contributed by atoms with Crippen molar-refractivity contribution < 1.29 is 9.47 Å².